The minimum absolute atomic E-state index is 0.0247. The summed E-state index contributed by atoms with van der Waals surface area (Å²) in [7, 11) is 1.27. The van der Waals surface area contributed by atoms with Crippen LogP contribution in [0.2, 0.25) is 0 Å². The van der Waals surface area contributed by atoms with Gasteiger partial charge in [-0.25, -0.2) is 4.57 Å². The van der Waals surface area contributed by atoms with Gasteiger partial charge in [0.15, 0.2) is 23.0 Å². The van der Waals surface area contributed by atoms with Crippen LogP contribution in [0.15, 0.2) is 18.2 Å². The van der Waals surface area contributed by atoms with Gasteiger partial charge in [-0.3, -0.25) is 9.79 Å². The summed E-state index contributed by atoms with van der Waals surface area (Å²) >= 11 is 0. The van der Waals surface area contributed by atoms with Crippen LogP contribution in [0, 0.1) is 0 Å². The van der Waals surface area contributed by atoms with Crippen molar-refractivity contribution in [2.75, 3.05) is 28.4 Å². The molecule has 8 nitrogen and oxygen atoms in total. The Hall–Kier alpha value is -2.67. The van der Waals surface area contributed by atoms with E-state index in [1.807, 2.05) is 45.1 Å². The summed E-state index contributed by atoms with van der Waals surface area (Å²) in [6, 6.07) is 5.23. The van der Waals surface area contributed by atoms with Crippen molar-refractivity contribution >= 4 is 20.0 Å². The lowest BCUT2D eigenvalue weighted by atomic mass is 9.72. The number of ether oxygens (including phenoxy) is 4. The van der Waals surface area contributed by atoms with Gasteiger partial charge in [0.1, 0.15) is 0 Å². The molecule has 0 radical (unpaired) electrons. The van der Waals surface area contributed by atoms with Gasteiger partial charge in [-0.15, -0.1) is 0 Å². The van der Waals surface area contributed by atoms with Crippen LogP contribution < -0.4 is 23.5 Å². The molecule has 0 bridgehead atoms. The van der Waals surface area contributed by atoms with E-state index < -0.39 is 13.2 Å². The maximum absolute atomic E-state index is 11.8. The zero-order valence-electron chi connectivity index (χ0n) is 22.2. The number of hydrogen-bond donors (Lipinski definition) is 2. The molecule has 35 heavy (non-hydrogen) atoms. The van der Waals surface area contributed by atoms with Gasteiger partial charge >= 0.3 is 7.82 Å². The van der Waals surface area contributed by atoms with Crippen LogP contribution in [-0.4, -0.2) is 38.2 Å². The van der Waals surface area contributed by atoms with E-state index in [1.54, 1.807) is 27.4 Å². The minimum atomic E-state index is -4.83. The van der Waals surface area contributed by atoms with E-state index in [0.29, 0.717) is 23.0 Å². The number of rotatable bonds is 8. The normalized spacial score (nSPS) is 12.6. The Morgan fingerprint density at radius 3 is 1.54 bits per heavy atom. The van der Waals surface area contributed by atoms with E-state index in [0.717, 1.165) is 22.3 Å². The number of hydrogen-bond acceptors (Lipinski definition) is 6. The van der Waals surface area contributed by atoms with Crippen molar-refractivity contribution in [2.45, 2.75) is 52.4 Å². The van der Waals surface area contributed by atoms with Crippen molar-refractivity contribution in [3.8, 4) is 28.7 Å². The van der Waals surface area contributed by atoms with E-state index in [4.69, 9.17) is 23.5 Å². The summed E-state index contributed by atoms with van der Waals surface area (Å²) in [6.07, 6.45) is 3.75. The predicted molar refractivity (Wildman–Crippen MR) is 138 cm³/mol. The van der Waals surface area contributed by atoms with Crippen LogP contribution in [0.4, 0.5) is 0 Å². The Balaban J connectivity index is 2.88. The molecule has 0 aliphatic rings. The topological polar surface area (TPSA) is 104 Å². The van der Waals surface area contributed by atoms with E-state index >= 15 is 0 Å². The lowest BCUT2D eigenvalue weighted by Crippen LogP contribution is -2.24. The summed E-state index contributed by atoms with van der Waals surface area (Å²) in [4.78, 5) is 19.1. The second-order valence-electron chi connectivity index (χ2n) is 10.1. The molecule has 0 atom stereocenters. The molecular formula is C26H37O8P. The third kappa shape index (κ3) is 6.72. The first kappa shape index (κ1) is 28.6. The zero-order valence-corrected chi connectivity index (χ0v) is 23.1. The first-order chi connectivity index (χ1) is 16.1. The van der Waals surface area contributed by atoms with Gasteiger partial charge in [-0.1, -0.05) is 53.7 Å². The molecule has 0 spiro atoms. The van der Waals surface area contributed by atoms with Gasteiger partial charge in [0.25, 0.3) is 0 Å². The lowest BCUT2D eigenvalue weighted by Gasteiger charge is -2.34. The molecule has 0 aromatic heterocycles. The molecule has 0 aliphatic carbocycles. The third-order valence-corrected chi connectivity index (χ3v) is 5.77. The fraction of sp³-hybridized carbons (Fsp3) is 0.462. The van der Waals surface area contributed by atoms with Crippen molar-refractivity contribution in [3.05, 3.63) is 40.5 Å². The van der Waals surface area contributed by atoms with Gasteiger partial charge < -0.3 is 23.5 Å². The predicted octanol–water partition coefficient (Wildman–Crippen LogP) is 5.96. The van der Waals surface area contributed by atoms with E-state index in [9.17, 15) is 14.4 Å². The highest BCUT2D eigenvalue weighted by molar-refractivity contribution is 7.46. The molecule has 0 unspecified atom stereocenters. The molecule has 0 heterocycles. The molecule has 0 amide bonds. The maximum Gasteiger partial charge on any atom is 0.524 e. The van der Waals surface area contributed by atoms with Crippen molar-refractivity contribution in [1.29, 1.82) is 0 Å². The Bertz CT molecular complexity index is 1110. The van der Waals surface area contributed by atoms with Crippen molar-refractivity contribution in [3.63, 3.8) is 0 Å². The Kier molecular flexibility index (Phi) is 8.59. The van der Waals surface area contributed by atoms with Gasteiger partial charge in [0.2, 0.25) is 5.75 Å². The number of benzene rings is 2. The van der Waals surface area contributed by atoms with Crippen LogP contribution in [-0.2, 0) is 15.4 Å². The number of phosphoric ester groups is 1. The average molecular weight is 509 g/mol. The highest BCUT2D eigenvalue weighted by Gasteiger charge is 2.34. The Morgan fingerprint density at radius 2 is 1.17 bits per heavy atom. The molecule has 2 N–H and O–H groups in total. The lowest BCUT2D eigenvalue weighted by molar-refractivity contribution is 0.275. The molecular weight excluding hydrogens is 471 g/mol. The number of methoxy groups -OCH3 is 4. The molecule has 0 saturated carbocycles. The second kappa shape index (κ2) is 10.5. The quantitative estimate of drug-likeness (QED) is 0.333. The fourth-order valence-corrected chi connectivity index (χ4v) is 4.49. The van der Waals surface area contributed by atoms with E-state index in [2.05, 4.69) is 20.8 Å². The molecule has 2 aromatic carbocycles. The third-order valence-electron chi connectivity index (χ3n) is 5.34. The fourth-order valence-electron chi connectivity index (χ4n) is 4.10. The first-order valence-corrected chi connectivity index (χ1v) is 12.6. The van der Waals surface area contributed by atoms with Gasteiger partial charge in [0.05, 0.1) is 28.4 Å². The van der Waals surface area contributed by atoms with Crippen LogP contribution in [0.25, 0.3) is 12.2 Å². The molecule has 194 valence electrons. The summed E-state index contributed by atoms with van der Waals surface area (Å²) in [6.45, 7) is 12.3. The standard InChI is InChI=1S/C26H37O8P/c1-25(2,3)21-17(12-11-16-13-18(30-7)23(32-9)19(14-16)31-8)15-20(34-35(27,28)29)24(33-10)22(21)26(4,5)6/h11-15H,1-10H3,(H2,27,28,29). The molecule has 0 aliphatic heterocycles. The Morgan fingerprint density at radius 1 is 0.686 bits per heavy atom. The molecule has 2 aromatic rings. The van der Waals surface area contributed by atoms with Crippen LogP contribution in [0.5, 0.6) is 28.7 Å². The summed E-state index contributed by atoms with van der Waals surface area (Å²) in [5.41, 5.74) is 2.56. The van der Waals surface area contributed by atoms with Crippen LogP contribution >= 0.6 is 7.82 Å². The SMILES string of the molecule is COc1cc(C=Cc2cc(OP(=O)(O)O)c(OC)c(C(C)(C)C)c2C(C)(C)C)cc(OC)c1OC. The monoisotopic (exact) mass is 508 g/mol. The van der Waals surface area contributed by atoms with Crippen molar-refractivity contribution in [2.24, 2.45) is 0 Å². The number of phosphoric acid groups is 1. The first-order valence-electron chi connectivity index (χ1n) is 11.1. The van der Waals surface area contributed by atoms with Crippen molar-refractivity contribution in [1.82, 2.24) is 0 Å². The maximum atomic E-state index is 11.8. The summed E-state index contributed by atoms with van der Waals surface area (Å²) in [5.74, 6) is 1.79. The molecule has 0 saturated heterocycles. The van der Waals surface area contributed by atoms with Crippen LogP contribution in [0.3, 0.4) is 0 Å². The van der Waals surface area contributed by atoms with Crippen molar-refractivity contribution < 1.29 is 37.8 Å². The highest BCUT2D eigenvalue weighted by Crippen LogP contribution is 2.51. The Labute approximate surface area is 208 Å². The molecule has 2 rings (SSSR count). The smallest absolute Gasteiger partial charge is 0.493 e. The van der Waals surface area contributed by atoms with Gasteiger partial charge in [0, 0.05) is 5.56 Å². The molecule has 9 heteroatoms. The highest BCUT2D eigenvalue weighted by atomic mass is 31.2. The molecule has 0 fully saturated rings. The van der Waals surface area contributed by atoms with E-state index in [-0.39, 0.29) is 11.2 Å². The summed E-state index contributed by atoms with van der Waals surface area (Å²) < 4.78 is 38.8. The average Bonchev–Trinajstić information content (AvgIpc) is 2.73. The van der Waals surface area contributed by atoms with Gasteiger partial charge in [-0.05, 0) is 45.7 Å². The van der Waals surface area contributed by atoms with E-state index in [1.165, 1.54) is 7.11 Å². The van der Waals surface area contributed by atoms with Gasteiger partial charge in [-0.2, -0.15) is 0 Å². The summed E-state index contributed by atoms with van der Waals surface area (Å²) in [5, 5.41) is 0. The zero-order chi connectivity index (χ0) is 26.8. The second-order valence-corrected chi connectivity index (χ2v) is 11.3. The minimum Gasteiger partial charge on any atom is -0.493 e. The van der Waals surface area contributed by atoms with Crippen LogP contribution in [0.1, 0.15) is 63.8 Å². The largest absolute Gasteiger partial charge is 0.524 e.